The van der Waals surface area contributed by atoms with E-state index in [1.807, 2.05) is 0 Å². The highest BCUT2D eigenvalue weighted by Gasteiger charge is 2.30. The molecule has 2 N–H and O–H groups in total. The Balaban J connectivity index is 2.84. The van der Waals surface area contributed by atoms with Gasteiger partial charge in [-0.2, -0.15) is 13.2 Å². The molecule has 0 saturated carbocycles. The minimum absolute atomic E-state index is 0.0236. The first-order chi connectivity index (χ1) is 8.71. The van der Waals surface area contributed by atoms with E-state index in [9.17, 15) is 22.8 Å². The summed E-state index contributed by atoms with van der Waals surface area (Å²) in [5.41, 5.74) is -2.14. The van der Waals surface area contributed by atoms with Crippen LogP contribution in [0.4, 0.5) is 13.2 Å². The molecule has 0 unspecified atom stereocenters. The second-order valence-electron chi connectivity index (χ2n) is 4.02. The highest BCUT2D eigenvalue weighted by Crippen LogP contribution is 2.30. The lowest BCUT2D eigenvalue weighted by Crippen LogP contribution is -2.16. The molecule has 0 atom stereocenters. The van der Waals surface area contributed by atoms with Crippen LogP contribution in [0, 0.1) is 6.92 Å². The van der Waals surface area contributed by atoms with Crippen LogP contribution in [0.5, 0.6) is 0 Å². The van der Waals surface area contributed by atoms with Crippen LogP contribution in [0.1, 0.15) is 21.6 Å². The number of halogens is 3. The van der Waals surface area contributed by atoms with Crippen LogP contribution in [0.15, 0.2) is 23.0 Å². The molecule has 0 aliphatic rings. The lowest BCUT2D eigenvalue weighted by molar-refractivity contribution is -0.137. The molecule has 0 saturated heterocycles. The summed E-state index contributed by atoms with van der Waals surface area (Å²) in [7, 11) is 0. The maximum atomic E-state index is 12.5. The molecule has 0 radical (unpaired) electrons. The molecule has 7 heteroatoms. The number of fused-ring (bicyclic) bond motifs is 1. The number of carbonyl (C=O) groups is 1. The van der Waals surface area contributed by atoms with Crippen LogP contribution in [0.25, 0.3) is 10.9 Å². The number of carboxylic acid groups (broad SMARTS) is 1. The monoisotopic (exact) mass is 271 g/mol. The molecular weight excluding hydrogens is 263 g/mol. The Hall–Kier alpha value is -2.31. The Morgan fingerprint density at radius 1 is 1.32 bits per heavy atom. The van der Waals surface area contributed by atoms with Crippen molar-refractivity contribution < 1.29 is 23.1 Å². The molecular formula is C12H8F3NO3. The number of carboxylic acids is 1. The number of hydrogen-bond donors (Lipinski definition) is 2. The van der Waals surface area contributed by atoms with Gasteiger partial charge in [-0.25, -0.2) is 4.79 Å². The van der Waals surface area contributed by atoms with Crippen LogP contribution < -0.4 is 5.43 Å². The number of pyridine rings is 1. The lowest BCUT2D eigenvalue weighted by Gasteiger charge is -2.09. The second-order valence-corrected chi connectivity index (χ2v) is 4.02. The van der Waals surface area contributed by atoms with Crippen molar-refractivity contribution in [3.63, 3.8) is 0 Å². The fourth-order valence-corrected chi connectivity index (χ4v) is 1.78. The van der Waals surface area contributed by atoms with Crippen LogP contribution in [0.2, 0.25) is 0 Å². The van der Waals surface area contributed by atoms with Crippen LogP contribution in [-0.4, -0.2) is 16.1 Å². The van der Waals surface area contributed by atoms with Crippen molar-refractivity contribution in [3.8, 4) is 0 Å². The standard InChI is InChI=1S/C12H8F3NO3/c1-5-9(11(18)19)16-8-4-6(12(13,14)15)2-3-7(8)10(5)17/h2-4H,1H3,(H,16,17)(H,18,19). The Labute approximate surface area is 104 Å². The summed E-state index contributed by atoms with van der Waals surface area (Å²) >= 11 is 0. The zero-order valence-electron chi connectivity index (χ0n) is 9.63. The molecule has 1 aromatic heterocycles. The van der Waals surface area contributed by atoms with Crippen molar-refractivity contribution in [2.24, 2.45) is 0 Å². The first kappa shape index (κ1) is 13.1. The number of rotatable bonds is 1. The number of H-pyrrole nitrogens is 1. The highest BCUT2D eigenvalue weighted by molar-refractivity contribution is 5.91. The van der Waals surface area contributed by atoms with Crippen molar-refractivity contribution in [2.45, 2.75) is 13.1 Å². The first-order valence-electron chi connectivity index (χ1n) is 5.19. The normalized spacial score (nSPS) is 11.8. The van der Waals surface area contributed by atoms with Crippen LogP contribution in [-0.2, 0) is 6.18 Å². The van der Waals surface area contributed by atoms with E-state index >= 15 is 0 Å². The summed E-state index contributed by atoms with van der Waals surface area (Å²) in [5, 5.41) is 8.91. The Morgan fingerprint density at radius 2 is 1.95 bits per heavy atom. The number of hydrogen-bond acceptors (Lipinski definition) is 2. The molecule has 0 aliphatic heterocycles. The second kappa shape index (κ2) is 4.11. The van der Waals surface area contributed by atoms with E-state index in [1.54, 1.807) is 0 Å². The number of aromatic carboxylic acids is 1. The Bertz CT molecular complexity index is 731. The fraction of sp³-hybridized carbons (Fsp3) is 0.167. The third-order valence-corrected chi connectivity index (χ3v) is 2.78. The molecule has 2 rings (SSSR count). The van der Waals surface area contributed by atoms with Gasteiger partial charge in [-0.15, -0.1) is 0 Å². The molecule has 100 valence electrons. The van der Waals surface area contributed by atoms with Gasteiger partial charge in [0, 0.05) is 10.9 Å². The van der Waals surface area contributed by atoms with Gasteiger partial charge in [0.2, 0.25) is 0 Å². The van der Waals surface area contributed by atoms with Crippen molar-refractivity contribution in [2.75, 3.05) is 0 Å². The van der Waals surface area contributed by atoms with Gasteiger partial charge in [0.15, 0.2) is 5.43 Å². The van der Waals surface area contributed by atoms with E-state index in [0.717, 1.165) is 18.2 Å². The molecule has 1 heterocycles. The van der Waals surface area contributed by atoms with Gasteiger partial charge in [0.1, 0.15) is 5.69 Å². The zero-order chi connectivity index (χ0) is 14.4. The molecule has 0 fully saturated rings. The minimum Gasteiger partial charge on any atom is -0.477 e. The van der Waals surface area contributed by atoms with Crippen LogP contribution in [0.3, 0.4) is 0 Å². The summed E-state index contributed by atoms with van der Waals surface area (Å²) in [4.78, 5) is 25.1. The fourth-order valence-electron chi connectivity index (χ4n) is 1.78. The molecule has 2 aromatic rings. The summed E-state index contributed by atoms with van der Waals surface area (Å²) in [6.45, 7) is 1.30. The van der Waals surface area contributed by atoms with E-state index in [0.29, 0.717) is 0 Å². The van der Waals surface area contributed by atoms with Crippen molar-refractivity contribution in [1.82, 2.24) is 4.98 Å². The summed E-state index contributed by atoms with van der Waals surface area (Å²) in [6.07, 6.45) is -4.56. The molecule has 4 nitrogen and oxygen atoms in total. The minimum atomic E-state index is -4.56. The average Bonchev–Trinajstić information content (AvgIpc) is 2.31. The number of aromatic amines is 1. The van der Waals surface area contributed by atoms with Gasteiger partial charge in [-0.1, -0.05) is 0 Å². The van der Waals surface area contributed by atoms with Gasteiger partial charge < -0.3 is 10.1 Å². The summed E-state index contributed by atoms with van der Waals surface area (Å²) in [5.74, 6) is -1.39. The van der Waals surface area contributed by atoms with E-state index < -0.39 is 28.8 Å². The SMILES string of the molecule is Cc1c(C(=O)O)[nH]c2cc(C(F)(F)F)ccc2c1=O. The topological polar surface area (TPSA) is 70.2 Å². The van der Waals surface area contributed by atoms with Gasteiger partial charge in [-0.3, -0.25) is 4.79 Å². The van der Waals surface area contributed by atoms with Gasteiger partial charge in [0.05, 0.1) is 11.1 Å². The quantitative estimate of drug-likeness (QED) is 0.837. The van der Waals surface area contributed by atoms with Crippen molar-refractivity contribution in [1.29, 1.82) is 0 Å². The predicted molar refractivity (Wildman–Crippen MR) is 61.3 cm³/mol. The van der Waals surface area contributed by atoms with Gasteiger partial charge in [0.25, 0.3) is 0 Å². The molecule has 19 heavy (non-hydrogen) atoms. The number of alkyl halides is 3. The van der Waals surface area contributed by atoms with E-state index in [-0.39, 0.29) is 16.5 Å². The molecule has 0 bridgehead atoms. The molecule has 1 aromatic carbocycles. The lowest BCUT2D eigenvalue weighted by atomic mass is 10.1. The average molecular weight is 271 g/mol. The summed E-state index contributed by atoms with van der Waals surface area (Å²) in [6, 6.07) is 2.55. The highest BCUT2D eigenvalue weighted by atomic mass is 19.4. The number of benzene rings is 1. The van der Waals surface area contributed by atoms with E-state index in [2.05, 4.69) is 4.98 Å². The first-order valence-corrected chi connectivity index (χ1v) is 5.19. The zero-order valence-corrected chi connectivity index (χ0v) is 9.63. The number of aromatic nitrogens is 1. The van der Waals surface area contributed by atoms with Gasteiger partial charge >= 0.3 is 12.1 Å². The van der Waals surface area contributed by atoms with E-state index in [1.165, 1.54) is 6.92 Å². The molecule has 0 spiro atoms. The van der Waals surface area contributed by atoms with Crippen molar-refractivity contribution in [3.05, 3.63) is 45.2 Å². The molecule has 0 aliphatic carbocycles. The largest absolute Gasteiger partial charge is 0.477 e. The maximum absolute atomic E-state index is 12.5. The number of nitrogens with one attached hydrogen (secondary N) is 1. The van der Waals surface area contributed by atoms with E-state index in [4.69, 9.17) is 5.11 Å². The maximum Gasteiger partial charge on any atom is 0.416 e. The van der Waals surface area contributed by atoms with Gasteiger partial charge in [-0.05, 0) is 25.1 Å². The van der Waals surface area contributed by atoms with Crippen molar-refractivity contribution >= 4 is 16.9 Å². The Morgan fingerprint density at radius 3 is 2.47 bits per heavy atom. The third kappa shape index (κ3) is 2.18. The summed E-state index contributed by atoms with van der Waals surface area (Å²) < 4.78 is 37.6. The Kier molecular flexibility index (Phi) is 2.84. The molecule has 0 amide bonds. The third-order valence-electron chi connectivity index (χ3n) is 2.78. The van der Waals surface area contributed by atoms with Crippen LogP contribution >= 0.6 is 0 Å². The smallest absolute Gasteiger partial charge is 0.416 e. The predicted octanol–water partition coefficient (Wildman–Crippen LogP) is 2.55.